The summed E-state index contributed by atoms with van der Waals surface area (Å²) in [7, 11) is 0. The Hall–Kier alpha value is -1.56. The third kappa shape index (κ3) is 5.38. The minimum atomic E-state index is 1.20. The molecule has 0 aliphatic heterocycles. The lowest BCUT2D eigenvalue weighted by atomic mass is 10.00. The summed E-state index contributed by atoms with van der Waals surface area (Å²) in [6.45, 7) is 2.26. The maximum atomic E-state index is 2.37. The summed E-state index contributed by atoms with van der Waals surface area (Å²) >= 11 is 0. The van der Waals surface area contributed by atoms with Crippen molar-refractivity contribution in [2.45, 2.75) is 58.3 Å². The Bertz CT molecular complexity index is 545. The number of hydrogen-bond acceptors (Lipinski definition) is 0. The molecule has 0 nitrogen and oxygen atoms in total. The lowest BCUT2D eigenvalue weighted by Crippen LogP contribution is -1.87. The molecule has 2 aromatic carbocycles. The first kappa shape index (κ1) is 15.8. The Morgan fingerprint density at radius 2 is 1.48 bits per heavy atom. The summed E-state index contributed by atoms with van der Waals surface area (Å²) in [6.07, 6.45) is 15.1. The number of aryl methyl sites for hydroxylation is 1. The first-order chi connectivity index (χ1) is 10.4. The largest absolute Gasteiger partial charge is 0.0885 e. The summed E-state index contributed by atoms with van der Waals surface area (Å²) in [5.41, 5.74) is 1.50. The van der Waals surface area contributed by atoms with Crippen molar-refractivity contribution in [1.29, 1.82) is 0 Å². The average molecular weight is 280 g/mol. The molecule has 0 aliphatic rings. The molecule has 0 aliphatic carbocycles. The standard InChI is InChI=1S/C21H28/c1-2-3-4-5-6-7-8-9-10-14-19-16-13-17-20-15-11-12-18-21(19)20/h6-7,11-13,15-18H,2-5,8-10,14H2,1H3/b7-6+. The maximum absolute atomic E-state index is 2.37. The van der Waals surface area contributed by atoms with Crippen molar-refractivity contribution in [2.24, 2.45) is 0 Å². The number of fused-ring (bicyclic) bond motifs is 1. The van der Waals surface area contributed by atoms with E-state index in [-0.39, 0.29) is 0 Å². The summed E-state index contributed by atoms with van der Waals surface area (Å²) < 4.78 is 0. The van der Waals surface area contributed by atoms with Gasteiger partial charge in [0.2, 0.25) is 0 Å². The smallest absolute Gasteiger partial charge is 0.0152 e. The molecule has 0 atom stereocenters. The molecule has 2 rings (SSSR count). The molecule has 0 radical (unpaired) electrons. The Morgan fingerprint density at radius 1 is 0.762 bits per heavy atom. The predicted molar refractivity (Wildman–Crippen MR) is 94.8 cm³/mol. The van der Waals surface area contributed by atoms with Crippen LogP contribution in [0.25, 0.3) is 10.8 Å². The van der Waals surface area contributed by atoms with Crippen molar-refractivity contribution in [2.75, 3.05) is 0 Å². The van der Waals surface area contributed by atoms with E-state index in [0.717, 1.165) is 0 Å². The molecule has 0 amide bonds. The van der Waals surface area contributed by atoms with Crippen molar-refractivity contribution >= 4 is 10.8 Å². The lowest BCUT2D eigenvalue weighted by Gasteiger charge is -2.05. The van der Waals surface area contributed by atoms with Gasteiger partial charge in [-0.1, -0.05) is 74.4 Å². The van der Waals surface area contributed by atoms with Gasteiger partial charge >= 0.3 is 0 Å². The van der Waals surface area contributed by atoms with E-state index >= 15 is 0 Å². The molecule has 0 saturated heterocycles. The van der Waals surface area contributed by atoms with Crippen LogP contribution in [0.15, 0.2) is 54.6 Å². The van der Waals surface area contributed by atoms with Gasteiger partial charge in [0.15, 0.2) is 0 Å². The van der Waals surface area contributed by atoms with Gasteiger partial charge < -0.3 is 0 Å². The van der Waals surface area contributed by atoms with Gasteiger partial charge in [-0.25, -0.2) is 0 Å². The Labute approximate surface area is 129 Å². The van der Waals surface area contributed by atoms with Gasteiger partial charge in [0, 0.05) is 0 Å². The zero-order valence-corrected chi connectivity index (χ0v) is 13.4. The topological polar surface area (TPSA) is 0 Å². The summed E-state index contributed by atoms with van der Waals surface area (Å²) in [6, 6.07) is 15.4. The highest BCUT2D eigenvalue weighted by atomic mass is 14.0. The number of rotatable bonds is 9. The average Bonchev–Trinajstić information content (AvgIpc) is 2.53. The van der Waals surface area contributed by atoms with Gasteiger partial charge in [-0.3, -0.25) is 0 Å². The van der Waals surface area contributed by atoms with Crippen molar-refractivity contribution < 1.29 is 0 Å². The van der Waals surface area contributed by atoms with E-state index in [1.807, 2.05) is 0 Å². The number of benzene rings is 2. The van der Waals surface area contributed by atoms with Gasteiger partial charge in [0.25, 0.3) is 0 Å². The van der Waals surface area contributed by atoms with Gasteiger partial charge in [-0.2, -0.15) is 0 Å². The van der Waals surface area contributed by atoms with Crippen LogP contribution >= 0.6 is 0 Å². The van der Waals surface area contributed by atoms with Gasteiger partial charge in [0.1, 0.15) is 0 Å². The van der Waals surface area contributed by atoms with Crippen LogP contribution in [0, 0.1) is 0 Å². The zero-order valence-electron chi connectivity index (χ0n) is 13.4. The van der Waals surface area contributed by atoms with Crippen LogP contribution in [0.4, 0.5) is 0 Å². The monoisotopic (exact) mass is 280 g/mol. The Balaban J connectivity index is 1.71. The van der Waals surface area contributed by atoms with E-state index in [9.17, 15) is 0 Å². The van der Waals surface area contributed by atoms with E-state index in [4.69, 9.17) is 0 Å². The zero-order chi connectivity index (χ0) is 14.8. The molecule has 0 saturated carbocycles. The van der Waals surface area contributed by atoms with Crippen LogP contribution < -0.4 is 0 Å². The quantitative estimate of drug-likeness (QED) is 0.354. The third-order valence-corrected chi connectivity index (χ3v) is 4.09. The fourth-order valence-corrected chi connectivity index (χ4v) is 2.84. The maximum Gasteiger partial charge on any atom is -0.0152 e. The van der Waals surface area contributed by atoms with Gasteiger partial charge in [-0.15, -0.1) is 0 Å². The molecule has 0 heterocycles. The second-order valence-corrected chi connectivity index (χ2v) is 5.85. The summed E-state index contributed by atoms with van der Waals surface area (Å²) in [5.74, 6) is 0. The third-order valence-electron chi connectivity index (χ3n) is 4.09. The fourth-order valence-electron chi connectivity index (χ4n) is 2.84. The lowest BCUT2D eigenvalue weighted by molar-refractivity contribution is 0.722. The van der Waals surface area contributed by atoms with E-state index in [1.165, 1.54) is 67.7 Å². The first-order valence-electron chi connectivity index (χ1n) is 8.53. The molecule has 21 heavy (non-hydrogen) atoms. The molecule has 2 aromatic rings. The second-order valence-electron chi connectivity index (χ2n) is 5.85. The highest BCUT2D eigenvalue weighted by Crippen LogP contribution is 2.20. The molecular weight excluding hydrogens is 252 g/mol. The highest BCUT2D eigenvalue weighted by molar-refractivity contribution is 5.85. The van der Waals surface area contributed by atoms with Crippen LogP contribution in [-0.2, 0) is 6.42 Å². The molecule has 0 aromatic heterocycles. The normalized spacial score (nSPS) is 11.5. The van der Waals surface area contributed by atoms with E-state index < -0.39 is 0 Å². The molecule has 112 valence electrons. The van der Waals surface area contributed by atoms with Gasteiger partial charge in [-0.05, 0) is 54.9 Å². The minimum Gasteiger partial charge on any atom is -0.0885 e. The Kier molecular flexibility index (Phi) is 7.07. The van der Waals surface area contributed by atoms with Crippen molar-refractivity contribution in [3.63, 3.8) is 0 Å². The van der Waals surface area contributed by atoms with Crippen LogP contribution in [0.3, 0.4) is 0 Å². The van der Waals surface area contributed by atoms with Crippen LogP contribution in [0.1, 0.15) is 57.4 Å². The van der Waals surface area contributed by atoms with Crippen molar-refractivity contribution in [3.8, 4) is 0 Å². The van der Waals surface area contributed by atoms with Crippen LogP contribution in [0.2, 0.25) is 0 Å². The molecule has 0 bridgehead atoms. The van der Waals surface area contributed by atoms with E-state index in [2.05, 4.69) is 61.5 Å². The Morgan fingerprint density at radius 3 is 2.29 bits per heavy atom. The number of allylic oxidation sites excluding steroid dienone is 2. The number of hydrogen-bond donors (Lipinski definition) is 0. The summed E-state index contributed by atoms with van der Waals surface area (Å²) in [5, 5.41) is 2.79. The minimum absolute atomic E-state index is 1.20. The van der Waals surface area contributed by atoms with Gasteiger partial charge in [0.05, 0.1) is 0 Å². The molecule has 0 unspecified atom stereocenters. The SMILES string of the molecule is CCCCC/C=C/CCCCc1cccc2ccccc12. The summed E-state index contributed by atoms with van der Waals surface area (Å²) in [4.78, 5) is 0. The van der Waals surface area contributed by atoms with Crippen molar-refractivity contribution in [1.82, 2.24) is 0 Å². The van der Waals surface area contributed by atoms with Crippen LogP contribution in [0.5, 0.6) is 0 Å². The molecular formula is C21H28. The molecule has 0 N–H and O–H groups in total. The number of unbranched alkanes of at least 4 members (excludes halogenated alkanes) is 5. The fraction of sp³-hybridized carbons (Fsp3) is 0.429. The molecule has 0 spiro atoms. The van der Waals surface area contributed by atoms with E-state index in [1.54, 1.807) is 0 Å². The molecule has 0 fully saturated rings. The second kappa shape index (κ2) is 9.39. The highest BCUT2D eigenvalue weighted by Gasteiger charge is 1.99. The molecule has 0 heteroatoms. The predicted octanol–water partition coefficient (Wildman–Crippen LogP) is 6.69. The first-order valence-corrected chi connectivity index (χ1v) is 8.53. The van der Waals surface area contributed by atoms with Crippen molar-refractivity contribution in [3.05, 3.63) is 60.2 Å². The van der Waals surface area contributed by atoms with Crippen LogP contribution in [-0.4, -0.2) is 0 Å². The van der Waals surface area contributed by atoms with E-state index in [0.29, 0.717) is 0 Å².